The van der Waals surface area contributed by atoms with E-state index < -0.39 is 60.4 Å². The maximum Gasteiger partial charge on any atom is 0.327 e. The number of amides is 4. The van der Waals surface area contributed by atoms with E-state index in [0.717, 1.165) is 0 Å². The molecular weight excluding hydrogens is 418 g/mol. The Labute approximate surface area is 179 Å². The number of aliphatic carboxylic acids is 1. The number of nitrogens with two attached hydrogens (primary N) is 2. The number of rotatable bonds is 14. The number of hydrogen-bond acceptors (Lipinski definition) is 8. The van der Waals surface area contributed by atoms with Crippen molar-refractivity contribution in [2.24, 2.45) is 17.4 Å². The molecule has 0 aliphatic rings. The summed E-state index contributed by atoms with van der Waals surface area (Å²) in [5.74, 6) is -4.51. The SMILES string of the molecule is CC(C)CC(NC(=O)C(N)CCC(N)=O)C(=O)NC(CO)C(=O)NC(CS)C(=O)O. The Hall–Kier alpha value is -2.38. The Bertz CT molecular complexity index is 632. The molecule has 12 nitrogen and oxygen atoms in total. The van der Waals surface area contributed by atoms with Crippen LogP contribution in [0, 0.1) is 5.92 Å². The standard InChI is InChI=1S/C17H31N5O7S/c1-8(2)5-10(20-14(25)9(18)3-4-13(19)24)15(26)21-11(6-23)16(27)22-12(7-30)17(28)29/h8-12,23,30H,3-7,18H2,1-2H3,(H2,19,24)(H,20,25)(H,21,26)(H,22,27)(H,28,29). The number of hydrogen-bond donors (Lipinski definition) is 8. The van der Waals surface area contributed by atoms with Crippen LogP contribution in [0.5, 0.6) is 0 Å². The van der Waals surface area contributed by atoms with Gasteiger partial charge < -0.3 is 37.6 Å². The van der Waals surface area contributed by atoms with Crippen molar-refractivity contribution in [2.75, 3.05) is 12.4 Å². The van der Waals surface area contributed by atoms with Crippen LogP contribution in [-0.4, -0.2) is 76.3 Å². The Morgan fingerprint density at radius 2 is 1.43 bits per heavy atom. The summed E-state index contributed by atoms with van der Waals surface area (Å²) in [7, 11) is 0. The summed E-state index contributed by atoms with van der Waals surface area (Å²) in [5, 5.41) is 25.3. The van der Waals surface area contributed by atoms with E-state index in [2.05, 4.69) is 28.6 Å². The first kappa shape index (κ1) is 27.6. The number of carboxylic acids is 1. The highest BCUT2D eigenvalue weighted by molar-refractivity contribution is 7.80. The van der Waals surface area contributed by atoms with E-state index in [1.165, 1.54) is 0 Å². The van der Waals surface area contributed by atoms with Gasteiger partial charge in [0.05, 0.1) is 12.6 Å². The van der Waals surface area contributed by atoms with Gasteiger partial charge in [-0.15, -0.1) is 0 Å². The third-order valence-corrected chi connectivity index (χ3v) is 4.36. The van der Waals surface area contributed by atoms with E-state index in [1.807, 2.05) is 0 Å². The molecule has 0 rings (SSSR count). The van der Waals surface area contributed by atoms with Crippen LogP contribution in [0.15, 0.2) is 0 Å². The fourth-order valence-electron chi connectivity index (χ4n) is 2.33. The third-order valence-electron chi connectivity index (χ3n) is 3.99. The second kappa shape index (κ2) is 13.8. The lowest BCUT2D eigenvalue weighted by Gasteiger charge is -2.25. The second-order valence-corrected chi connectivity index (χ2v) is 7.49. The molecule has 0 aromatic heterocycles. The zero-order valence-electron chi connectivity index (χ0n) is 17.0. The summed E-state index contributed by atoms with van der Waals surface area (Å²) in [6.07, 6.45) is 0.103. The molecule has 4 atom stereocenters. The number of carbonyl (C=O) groups is 5. The molecule has 4 unspecified atom stereocenters. The van der Waals surface area contributed by atoms with Crippen molar-refractivity contribution in [2.45, 2.75) is 57.3 Å². The summed E-state index contributed by atoms with van der Waals surface area (Å²) in [6.45, 7) is 2.82. The summed E-state index contributed by atoms with van der Waals surface area (Å²) in [5.41, 5.74) is 10.7. The minimum absolute atomic E-state index is 0.000834. The van der Waals surface area contributed by atoms with Crippen LogP contribution < -0.4 is 27.4 Å². The Morgan fingerprint density at radius 1 is 0.933 bits per heavy atom. The van der Waals surface area contributed by atoms with Gasteiger partial charge in [-0.2, -0.15) is 12.6 Å². The van der Waals surface area contributed by atoms with Crippen LogP contribution in [0.1, 0.15) is 33.1 Å². The molecule has 0 heterocycles. The fraction of sp³-hybridized carbons (Fsp3) is 0.706. The number of thiol groups is 1. The maximum absolute atomic E-state index is 12.6. The first-order valence-corrected chi connectivity index (χ1v) is 9.95. The van der Waals surface area contributed by atoms with Gasteiger partial charge in [0.15, 0.2) is 0 Å². The van der Waals surface area contributed by atoms with Crippen LogP contribution in [0.4, 0.5) is 0 Å². The van der Waals surface area contributed by atoms with Gasteiger partial charge in [-0.05, 0) is 18.8 Å². The van der Waals surface area contributed by atoms with E-state index in [9.17, 15) is 29.1 Å². The largest absolute Gasteiger partial charge is 0.480 e. The number of aliphatic hydroxyl groups is 1. The van der Waals surface area contributed by atoms with Gasteiger partial charge in [-0.3, -0.25) is 19.2 Å². The first-order valence-electron chi connectivity index (χ1n) is 9.32. The fourth-order valence-corrected chi connectivity index (χ4v) is 2.58. The van der Waals surface area contributed by atoms with Gasteiger partial charge in [0.25, 0.3) is 0 Å². The minimum Gasteiger partial charge on any atom is -0.480 e. The maximum atomic E-state index is 12.6. The average molecular weight is 450 g/mol. The van der Waals surface area contributed by atoms with Gasteiger partial charge in [-0.25, -0.2) is 4.79 Å². The van der Waals surface area contributed by atoms with Gasteiger partial charge in [-0.1, -0.05) is 13.8 Å². The highest BCUT2D eigenvalue weighted by Crippen LogP contribution is 2.07. The Morgan fingerprint density at radius 3 is 1.87 bits per heavy atom. The average Bonchev–Trinajstić information content (AvgIpc) is 2.66. The molecule has 0 radical (unpaired) electrons. The van der Waals surface area contributed by atoms with E-state index in [0.29, 0.717) is 0 Å². The summed E-state index contributed by atoms with van der Waals surface area (Å²) < 4.78 is 0. The molecule has 0 saturated carbocycles. The molecule has 0 aliphatic heterocycles. The number of aliphatic hydroxyl groups excluding tert-OH is 1. The molecule has 9 N–H and O–H groups in total. The molecule has 0 bridgehead atoms. The number of carbonyl (C=O) groups excluding carboxylic acids is 4. The smallest absolute Gasteiger partial charge is 0.327 e. The van der Waals surface area contributed by atoms with Crippen molar-refractivity contribution in [3.63, 3.8) is 0 Å². The lowest BCUT2D eigenvalue weighted by molar-refractivity contribution is -0.142. The van der Waals surface area contributed by atoms with Crippen molar-refractivity contribution in [1.29, 1.82) is 0 Å². The molecular formula is C17H31N5O7S. The van der Waals surface area contributed by atoms with Crippen LogP contribution in [-0.2, 0) is 24.0 Å². The van der Waals surface area contributed by atoms with Crippen molar-refractivity contribution < 1.29 is 34.2 Å². The zero-order valence-corrected chi connectivity index (χ0v) is 17.9. The molecule has 0 spiro atoms. The summed E-state index contributed by atoms with van der Waals surface area (Å²) >= 11 is 3.82. The van der Waals surface area contributed by atoms with Crippen LogP contribution in [0.2, 0.25) is 0 Å². The number of carboxylic acid groups (broad SMARTS) is 1. The molecule has 4 amide bonds. The number of nitrogens with one attached hydrogen (secondary N) is 3. The quantitative estimate of drug-likeness (QED) is 0.128. The molecule has 0 aromatic carbocycles. The monoisotopic (exact) mass is 449 g/mol. The van der Waals surface area contributed by atoms with Crippen molar-refractivity contribution in [3.8, 4) is 0 Å². The first-order chi connectivity index (χ1) is 13.9. The molecule has 0 aromatic rings. The summed E-state index contributed by atoms with van der Waals surface area (Å²) in [4.78, 5) is 58.8. The van der Waals surface area contributed by atoms with E-state index in [4.69, 9.17) is 16.6 Å². The lowest BCUT2D eigenvalue weighted by atomic mass is 10.0. The van der Waals surface area contributed by atoms with Crippen LogP contribution in [0.3, 0.4) is 0 Å². The predicted molar refractivity (Wildman–Crippen MR) is 110 cm³/mol. The zero-order chi connectivity index (χ0) is 23.4. The minimum atomic E-state index is -1.44. The van der Waals surface area contributed by atoms with Gasteiger partial charge >= 0.3 is 5.97 Å². The molecule has 13 heteroatoms. The van der Waals surface area contributed by atoms with E-state index >= 15 is 0 Å². The summed E-state index contributed by atoms with van der Waals surface area (Å²) in [6, 6.07) is -4.88. The molecule has 172 valence electrons. The highest BCUT2D eigenvalue weighted by Gasteiger charge is 2.30. The molecule has 30 heavy (non-hydrogen) atoms. The highest BCUT2D eigenvalue weighted by atomic mass is 32.1. The van der Waals surface area contributed by atoms with Gasteiger partial charge in [0.1, 0.15) is 18.1 Å². The van der Waals surface area contributed by atoms with Crippen molar-refractivity contribution in [3.05, 3.63) is 0 Å². The lowest BCUT2D eigenvalue weighted by Crippen LogP contribution is -2.58. The molecule has 0 fully saturated rings. The second-order valence-electron chi connectivity index (χ2n) is 7.13. The van der Waals surface area contributed by atoms with Crippen molar-refractivity contribution >= 4 is 42.2 Å². The van der Waals surface area contributed by atoms with Crippen molar-refractivity contribution in [1.82, 2.24) is 16.0 Å². The van der Waals surface area contributed by atoms with E-state index in [-0.39, 0.29) is 30.9 Å². The topological polar surface area (TPSA) is 214 Å². The van der Waals surface area contributed by atoms with E-state index in [1.54, 1.807) is 13.8 Å². The third kappa shape index (κ3) is 10.4. The molecule has 0 aliphatic carbocycles. The predicted octanol–water partition coefficient (Wildman–Crippen LogP) is -2.91. The Balaban J connectivity index is 5.14. The van der Waals surface area contributed by atoms with Gasteiger partial charge in [0, 0.05) is 12.2 Å². The van der Waals surface area contributed by atoms with Gasteiger partial charge in [0.2, 0.25) is 23.6 Å². The Kier molecular flexibility index (Phi) is 12.7. The normalized spacial score (nSPS) is 14.9. The van der Waals surface area contributed by atoms with Crippen LogP contribution >= 0.6 is 12.6 Å². The molecule has 0 saturated heterocycles. The number of primary amides is 1. The van der Waals surface area contributed by atoms with Crippen LogP contribution in [0.25, 0.3) is 0 Å².